The molecule has 3 aromatic rings. The average molecular weight is 434 g/mol. The molecule has 3 rings (SSSR count). The van der Waals surface area contributed by atoms with Crippen molar-refractivity contribution >= 4 is 37.4 Å². The molecule has 1 aromatic heterocycles. The van der Waals surface area contributed by atoms with Crippen LogP contribution in [-0.4, -0.2) is 14.3 Å². The lowest BCUT2D eigenvalue weighted by atomic mass is 10.1. The van der Waals surface area contributed by atoms with Gasteiger partial charge in [0.25, 0.3) is 5.91 Å². The molecule has 1 N–H and O–H groups in total. The Bertz CT molecular complexity index is 1070. The van der Waals surface area contributed by atoms with Gasteiger partial charge in [0.2, 0.25) is 14.9 Å². The van der Waals surface area contributed by atoms with Gasteiger partial charge in [0.05, 0.1) is 4.90 Å². The first-order chi connectivity index (χ1) is 12.3. The maximum atomic E-state index is 12.6. The molecule has 1 amide bonds. The highest BCUT2D eigenvalue weighted by Gasteiger charge is 2.23. The van der Waals surface area contributed by atoms with Crippen molar-refractivity contribution in [2.45, 2.75) is 23.8 Å². The monoisotopic (exact) mass is 433 g/mol. The minimum absolute atomic E-state index is 0.0680. The Labute approximate surface area is 160 Å². The minimum Gasteiger partial charge on any atom is -0.439 e. The molecule has 0 spiro atoms. The van der Waals surface area contributed by atoms with Crippen molar-refractivity contribution in [3.8, 4) is 0 Å². The number of halogens is 1. The zero-order valence-corrected chi connectivity index (χ0v) is 16.5. The van der Waals surface area contributed by atoms with Crippen LogP contribution >= 0.6 is 15.9 Å². The van der Waals surface area contributed by atoms with Crippen molar-refractivity contribution in [1.82, 2.24) is 0 Å². The molecule has 0 saturated heterocycles. The van der Waals surface area contributed by atoms with E-state index in [2.05, 4.69) is 21.2 Å². The van der Waals surface area contributed by atoms with E-state index in [9.17, 15) is 13.2 Å². The summed E-state index contributed by atoms with van der Waals surface area (Å²) in [5.41, 5.74) is 2.56. The summed E-state index contributed by atoms with van der Waals surface area (Å²) in [7, 11) is -3.82. The molecule has 7 heteroatoms. The molecule has 1 heterocycles. The van der Waals surface area contributed by atoms with Crippen LogP contribution in [0.5, 0.6) is 0 Å². The van der Waals surface area contributed by atoms with E-state index >= 15 is 0 Å². The highest BCUT2D eigenvalue weighted by molar-refractivity contribution is 9.10. The number of benzene rings is 2. The summed E-state index contributed by atoms with van der Waals surface area (Å²) in [6, 6.07) is 14.5. The van der Waals surface area contributed by atoms with E-state index in [1.54, 1.807) is 12.1 Å². The Morgan fingerprint density at radius 1 is 1.00 bits per heavy atom. The molecule has 0 saturated carbocycles. The molecular formula is C19H16BrNO4S. The number of sulfone groups is 1. The summed E-state index contributed by atoms with van der Waals surface area (Å²) < 4.78 is 31.3. The lowest BCUT2D eigenvalue weighted by Crippen LogP contribution is -2.12. The summed E-state index contributed by atoms with van der Waals surface area (Å²) in [5, 5.41) is 2.47. The molecular weight excluding hydrogens is 418 g/mol. The van der Waals surface area contributed by atoms with E-state index in [1.165, 1.54) is 24.3 Å². The number of rotatable bonds is 4. The van der Waals surface area contributed by atoms with Crippen molar-refractivity contribution in [2.24, 2.45) is 0 Å². The van der Waals surface area contributed by atoms with Gasteiger partial charge in [0, 0.05) is 10.2 Å². The smallest absolute Gasteiger partial charge is 0.291 e. The predicted octanol–water partition coefficient (Wildman–Crippen LogP) is 4.74. The summed E-state index contributed by atoms with van der Waals surface area (Å²) in [5.74, 6) is -0.572. The van der Waals surface area contributed by atoms with Crippen molar-refractivity contribution in [1.29, 1.82) is 0 Å². The summed E-state index contributed by atoms with van der Waals surface area (Å²) in [4.78, 5) is 12.5. The van der Waals surface area contributed by atoms with Gasteiger partial charge in [-0.2, -0.15) is 0 Å². The van der Waals surface area contributed by atoms with Crippen LogP contribution in [0.2, 0.25) is 0 Å². The summed E-state index contributed by atoms with van der Waals surface area (Å²) >= 11 is 3.26. The fourth-order valence-electron chi connectivity index (χ4n) is 2.37. The number of hydrogen-bond acceptors (Lipinski definition) is 4. The van der Waals surface area contributed by atoms with Crippen LogP contribution in [0.4, 0.5) is 5.69 Å². The molecule has 5 nitrogen and oxygen atoms in total. The van der Waals surface area contributed by atoms with Gasteiger partial charge in [-0.25, -0.2) is 8.42 Å². The zero-order valence-electron chi connectivity index (χ0n) is 14.1. The maximum absolute atomic E-state index is 12.6. The fraction of sp³-hybridized carbons (Fsp3) is 0.105. The molecule has 0 radical (unpaired) electrons. The fourth-order valence-corrected chi connectivity index (χ4v) is 3.81. The Morgan fingerprint density at radius 3 is 2.38 bits per heavy atom. The normalized spacial score (nSPS) is 11.3. The third kappa shape index (κ3) is 3.73. The van der Waals surface area contributed by atoms with E-state index in [4.69, 9.17) is 4.42 Å². The van der Waals surface area contributed by atoms with Gasteiger partial charge in [-0.05, 0) is 67.4 Å². The molecule has 0 aliphatic rings. The Morgan fingerprint density at radius 2 is 1.69 bits per heavy atom. The molecule has 26 heavy (non-hydrogen) atoms. The topological polar surface area (TPSA) is 76.4 Å². The number of carbonyl (C=O) groups is 1. The largest absolute Gasteiger partial charge is 0.439 e. The SMILES string of the molecule is Cc1ccc(C)c(NC(=O)c2ccc(S(=O)(=O)c3ccc(Br)cc3)o2)c1. The van der Waals surface area contributed by atoms with Crippen LogP contribution in [0, 0.1) is 13.8 Å². The van der Waals surface area contributed by atoms with Gasteiger partial charge in [0.15, 0.2) is 5.76 Å². The Kier molecular flexibility index (Phi) is 5.02. The van der Waals surface area contributed by atoms with Crippen LogP contribution in [0.1, 0.15) is 21.7 Å². The molecule has 0 atom stereocenters. The number of carbonyl (C=O) groups excluding carboxylic acids is 1. The molecule has 134 valence electrons. The first-order valence-electron chi connectivity index (χ1n) is 7.76. The number of anilines is 1. The Hall–Kier alpha value is -2.38. The van der Waals surface area contributed by atoms with E-state index in [1.807, 2.05) is 32.0 Å². The van der Waals surface area contributed by atoms with Crippen LogP contribution in [-0.2, 0) is 9.84 Å². The van der Waals surface area contributed by atoms with Gasteiger partial charge in [0.1, 0.15) is 0 Å². The molecule has 0 bridgehead atoms. The lowest BCUT2D eigenvalue weighted by molar-refractivity contribution is 0.0991. The first-order valence-corrected chi connectivity index (χ1v) is 10.0. The number of amides is 1. The summed E-state index contributed by atoms with van der Waals surface area (Å²) in [6.45, 7) is 3.80. The number of aryl methyl sites for hydroxylation is 2. The lowest BCUT2D eigenvalue weighted by Gasteiger charge is -2.08. The van der Waals surface area contributed by atoms with E-state index < -0.39 is 15.7 Å². The molecule has 0 aliphatic carbocycles. The number of furan rings is 1. The minimum atomic E-state index is -3.82. The van der Waals surface area contributed by atoms with Crippen molar-refractivity contribution in [3.05, 3.63) is 76.0 Å². The van der Waals surface area contributed by atoms with Crippen LogP contribution in [0.3, 0.4) is 0 Å². The van der Waals surface area contributed by atoms with Crippen LogP contribution < -0.4 is 5.32 Å². The third-order valence-electron chi connectivity index (χ3n) is 3.84. The van der Waals surface area contributed by atoms with Gasteiger partial charge in [-0.15, -0.1) is 0 Å². The summed E-state index contributed by atoms with van der Waals surface area (Å²) in [6.07, 6.45) is 0. The van der Waals surface area contributed by atoms with Gasteiger partial charge in [-0.1, -0.05) is 28.1 Å². The van der Waals surface area contributed by atoms with Crippen molar-refractivity contribution in [2.75, 3.05) is 5.32 Å². The van der Waals surface area contributed by atoms with Crippen LogP contribution in [0.15, 0.2) is 73.5 Å². The molecule has 0 aliphatic heterocycles. The quantitative estimate of drug-likeness (QED) is 0.644. The first kappa shape index (κ1) is 18.4. The van der Waals surface area contributed by atoms with Crippen LogP contribution in [0.25, 0.3) is 0 Å². The predicted molar refractivity (Wildman–Crippen MR) is 102 cm³/mol. The Balaban J connectivity index is 1.86. The number of hydrogen-bond donors (Lipinski definition) is 1. The standard InChI is InChI=1S/C19H16BrNO4S/c1-12-3-4-13(2)16(11-12)21-19(22)17-9-10-18(25-17)26(23,24)15-7-5-14(20)6-8-15/h3-11H,1-2H3,(H,21,22). The molecule has 0 unspecified atom stereocenters. The van der Waals surface area contributed by atoms with Crippen molar-refractivity contribution < 1.29 is 17.6 Å². The van der Waals surface area contributed by atoms with Gasteiger partial charge >= 0.3 is 0 Å². The molecule has 0 fully saturated rings. The number of nitrogens with one attached hydrogen (secondary N) is 1. The van der Waals surface area contributed by atoms with Gasteiger partial charge in [-0.3, -0.25) is 4.79 Å². The van der Waals surface area contributed by atoms with Crippen molar-refractivity contribution in [3.63, 3.8) is 0 Å². The second-order valence-corrected chi connectivity index (χ2v) is 8.64. The average Bonchev–Trinajstić information content (AvgIpc) is 3.09. The molecule has 2 aromatic carbocycles. The highest BCUT2D eigenvalue weighted by atomic mass is 79.9. The van der Waals surface area contributed by atoms with E-state index in [-0.39, 0.29) is 15.7 Å². The van der Waals surface area contributed by atoms with E-state index in [0.717, 1.165) is 15.6 Å². The third-order valence-corrected chi connectivity index (χ3v) is 6.01. The second-order valence-electron chi connectivity index (χ2n) is 5.85. The maximum Gasteiger partial charge on any atom is 0.291 e. The second kappa shape index (κ2) is 7.09. The zero-order chi connectivity index (χ0) is 18.9. The van der Waals surface area contributed by atoms with E-state index in [0.29, 0.717) is 5.69 Å². The van der Waals surface area contributed by atoms with Gasteiger partial charge < -0.3 is 9.73 Å². The highest BCUT2D eigenvalue weighted by Crippen LogP contribution is 2.25.